The Morgan fingerprint density at radius 2 is 1.82 bits per heavy atom. The minimum Gasteiger partial charge on any atom is -0.333 e. The molecule has 0 bridgehead atoms. The van der Waals surface area contributed by atoms with Crippen LogP contribution in [0, 0.1) is 0 Å². The molecule has 0 saturated carbocycles. The van der Waals surface area contributed by atoms with Gasteiger partial charge in [-0.15, -0.1) is 0 Å². The van der Waals surface area contributed by atoms with Crippen LogP contribution in [0.2, 0.25) is 0 Å². The number of hydrogen-bond donors (Lipinski definition) is 3. The van der Waals surface area contributed by atoms with E-state index in [9.17, 15) is 9.59 Å². The van der Waals surface area contributed by atoms with E-state index in [0.717, 1.165) is 50.3 Å². The number of carbonyl (C=O) groups excluding carboxylic acids is 1. The molecule has 4 rings (SSSR count). The molecule has 0 unspecified atom stereocenters. The SMILES string of the molecule is O=C(NCc1ccccc1)n1c(=O)[nH]c2ccc(CCN3CCNCC3)cc21. The molecule has 2 aromatic carbocycles. The Kier molecular flexibility index (Phi) is 5.55. The molecule has 1 saturated heterocycles. The van der Waals surface area contributed by atoms with E-state index in [1.165, 1.54) is 4.57 Å². The fraction of sp³-hybridized carbons (Fsp3) is 0.333. The molecule has 0 atom stereocenters. The van der Waals surface area contributed by atoms with Crippen LogP contribution in [0.3, 0.4) is 0 Å². The van der Waals surface area contributed by atoms with Gasteiger partial charge < -0.3 is 20.5 Å². The molecule has 146 valence electrons. The summed E-state index contributed by atoms with van der Waals surface area (Å²) in [6.45, 7) is 5.51. The summed E-state index contributed by atoms with van der Waals surface area (Å²) in [5.41, 5.74) is 2.98. The summed E-state index contributed by atoms with van der Waals surface area (Å²) in [4.78, 5) is 30.2. The monoisotopic (exact) mass is 379 g/mol. The van der Waals surface area contributed by atoms with E-state index >= 15 is 0 Å². The largest absolute Gasteiger partial charge is 0.334 e. The van der Waals surface area contributed by atoms with Crippen molar-refractivity contribution in [2.24, 2.45) is 0 Å². The summed E-state index contributed by atoms with van der Waals surface area (Å²) in [6.07, 6.45) is 0.890. The van der Waals surface area contributed by atoms with Crippen LogP contribution in [-0.4, -0.2) is 53.2 Å². The fourth-order valence-electron chi connectivity index (χ4n) is 3.58. The van der Waals surface area contributed by atoms with E-state index in [4.69, 9.17) is 0 Å². The Bertz CT molecular complexity index is 1000. The maximum atomic E-state index is 12.6. The van der Waals surface area contributed by atoms with Gasteiger partial charge in [0.05, 0.1) is 11.0 Å². The number of piperazine rings is 1. The van der Waals surface area contributed by atoms with Crippen LogP contribution in [0.1, 0.15) is 11.1 Å². The summed E-state index contributed by atoms with van der Waals surface area (Å²) in [6, 6.07) is 15.1. The lowest BCUT2D eigenvalue weighted by atomic mass is 10.1. The highest BCUT2D eigenvalue weighted by atomic mass is 16.2. The van der Waals surface area contributed by atoms with Crippen LogP contribution in [0.5, 0.6) is 0 Å². The lowest BCUT2D eigenvalue weighted by Gasteiger charge is -2.27. The number of amides is 1. The van der Waals surface area contributed by atoms with Crippen molar-refractivity contribution in [2.45, 2.75) is 13.0 Å². The highest BCUT2D eigenvalue weighted by Gasteiger charge is 2.15. The van der Waals surface area contributed by atoms with E-state index in [-0.39, 0.29) is 0 Å². The molecule has 28 heavy (non-hydrogen) atoms. The zero-order chi connectivity index (χ0) is 19.3. The molecule has 0 radical (unpaired) electrons. The highest BCUT2D eigenvalue weighted by Crippen LogP contribution is 2.14. The molecule has 2 heterocycles. The average molecular weight is 379 g/mol. The van der Waals surface area contributed by atoms with Gasteiger partial charge in [0.15, 0.2) is 0 Å². The van der Waals surface area contributed by atoms with Crippen LogP contribution in [0.15, 0.2) is 53.3 Å². The average Bonchev–Trinajstić information content (AvgIpc) is 3.07. The third-order valence-corrected chi connectivity index (χ3v) is 5.16. The second kappa shape index (κ2) is 8.41. The van der Waals surface area contributed by atoms with Crippen LogP contribution >= 0.6 is 0 Å². The smallest absolute Gasteiger partial charge is 0.333 e. The van der Waals surface area contributed by atoms with E-state index in [1.54, 1.807) is 0 Å². The minimum absolute atomic E-state index is 0.376. The third-order valence-electron chi connectivity index (χ3n) is 5.16. The first kappa shape index (κ1) is 18.5. The van der Waals surface area contributed by atoms with E-state index in [2.05, 4.69) is 20.5 Å². The molecule has 0 spiro atoms. The first-order valence-corrected chi connectivity index (χ1v) is 9.69. The molecule has 1 aromatic heterocycles. The van der Waals surface area contributed by atoms with Crippen molar-refractivity contribution in [3.63, 3.8) is 0 Å². The second-order valence-electron chi connectivity index (χ2n) is 7.10. The lowest BCUT2D eigenvalue weighted by molar-refractivity contribution is 0.242. The van der Waals surface area contributed by atoms with Crippen LogP contribution in [0.25, 0.3) is 11.0 Å². The Morgan fingerprint density at radius 1 is 1.04 bits per heavy atom. The summed E-state index contributed by atoms with van der Waals surface area (Å²) in [7, 11) is 0. The fourth-order valence-corrected chi connectivity index (χ4v) is 3.58. The lowest BCUT2D eigenvalue weighted by Crippen LogP contribution is -2.44. The normalized spacial score (nSPS) is 15.0. The summed E-state index contributed by atoms with van der Waals surface area (Å²) in [5, 5.41) is 6.18. The molecule has 1 fully saturated rings. The summed E-state index contributed by atoms with van der Waals surface area (Å²) >= 11 is 0. The Labute approximate surface area is 163 Å². The van der Waals surface area contributed by atoms with Crippen molar-refractivity contribution in [3.05, 3.63) is 70.1 Å². The molecule has 1 aliphatic rings. The third kappa shape index (κ3) is 4.16. The van der Waals surface area contributed by atoms with Gasteiger partial charge >= 0.3 is 11.7 Å². The first-order chi connectivity index (χ1) is 13.7. The molecule has 3 aromatic rings. The Balaban J connectivity index is 1.49. The molecule has 1 aliphatic heterocycles. The number of hydrogen-bond acceptors (Lipinski definition) is 4. The van der Waals surface area contributed by atoms with Crippen molar-refractivity contribution in [1.29, 1.82) is 0 Å². The second-order valence-corrected chi connectivity index (χ2v) is 7.10. The van der Waals surface area contributed by atoms with Gasteiger partial charge in [-0.05, 0) is 29.7 Å². The number of aromatic amines is 1. The predicted octanol–water partition coefficient (Wildman–Crippen LogP) is 1.54. The van der Waals surface area contributed by atoms with E-state index in [1.807, 2.05) is 48.5 Å². The van der Waals surface area contributed by atoms with Gasteiger partial charge in [0.25, 0.3) is 0 Å². The molecular weight excluding hydrogens is 354 g/mol. The molecule has 7 heteroatoms. The first-order valence-electron chi connectivity index (χ1n) is 9.69. The number of nitrogens with zero attached hydrogens (tertiary/aromatic N) is 2. The van der Waals surface area contributed by atoms with Crippen LogP contribution in [0.4, 0.5) is 4.79 Å². The number of aromatic nitrogens is 2. The number of H-pyrrole nitrogens is 1. The standard InChI is InChI=1S/C21H25N5O2/c27-20(23-15-17-4-2-1-3-5-17)26-19-14-16(6-7-18(19)24-21(26)28)8-11-25-12-9-22-10-13-25/h1-7,14,22H,8-13,15H2,(H,23,27)(H,24,28). The zero-order valence-corrected chi connectivity index (χ0v) is 15.8. The van der Waals surface area contributed by atoms with Gasteiger partial charge in [-0.3, -0.25) is 0 Å². The summed E-state index contributed by atoms with van der Waals surface area (Å²) in [5.74, 6) is 0. The maximum absolute atomic E-state index is 12.6. The number of imidazole rings is 1. The van der Waals surface area contributed by atoms with Crippen molar-refractivity contribution in [2.75, 3.05) is 32.7 Å². The van der Waals surface area contributed by atoms with E-state index < -0.39 is 11.7 Å². The van der Waals surface area contributed by atoms with Gasteiger partial charge in [-0.2, -0.15) is 0 Å². The number of carbonyl (C=O) groups is 1. The molecule has 1 amide bonds. The van der Waals surface area contributed by atoms with Crippen LogP contribution in [-0.2, 0) is 13.0 Å². The van der Waals surface area contributed by atoms with Gasteiger partial charge in [0, 0.05) is 39.3 Å². The maximum Gasteiger partial charge on any atom is 0.334 e. The highest BCUT2D eigenvalue weighted by molar-refractivity contribution is 5.89. The van der Waals surface area contributed by atoms with Gasteiger partial charge in [-0.25, -0.2) is 14.2 Å². The minimum atomic E-state index is -0.417. The number of rotatable bonds is 5. The van der Waals surface area contributed by atoms with Gasteiger partial charge in [-0.1, -0.05) is 36.4 Å². The quantitative estimate of drug-likeness (QED) is 0.628. The molecular formula is C21H25N5O2. The number of nitrogens with one attached hydrogen (secondary N) is 3. The van der Waals surface area contributed by atoms with E-state index in [0.29, 0.717) is 17.6 Å². The number of benzene rings is 2. The topological polar surface area (TPSA) is 82.2 Å². The predicted molar refractivity (Wildman–Crippen MR) is 110 cm³/mol. The number of fused-ring (bicyclic) bond motifs is 1. The van der Waals surface area contributed by atoms with Crippen LogP contribution < -0.4 is 16.3 Å². The molecule has 7 nitrogen and oxygen atoms in total. The Morgan fingerprint density at radius 3 is 2.61 bits per heavy atom. The van der Waals surface area contributed by atoms with Crippen molar-refractivity contribution in [1.82, 2.24) is 25.1 Å². The Hall–Kier alpha value is -2.90. The molecule has 0 aliphatic carbocycles. The van der Waals surface area contributed by atoms with Gasteiger partial charge in [0.2, 0.25) is 0 Å². The van der Waals surface area contributed by atoms with Crippen molar-refractivity contribution in [3.8, 4) is 0 Å². The van der Waals surface area contributed by atoms with Crippen molar-refractivity contribution < 1.29 is 4.79 Å². The van der Waals surface area contributed by atoms with Crippen molar-refractivity contribution >= 4 is 17.1 Å². The summed E-state index contributed by atoms with van der Waals surface area (Å²) < 4.78 is 1.19. The zero-order valence-electron chi connectivity index (χ0n) is 15.8. The molecule has 3 N–H and O–H groups in total. The van der Waals surface area contributed by atoms with Gasteiger partial charge in [0.1, 0.15) is 0 Å².